The van der Waals surface area contributed by atoms with Crippen LogP contribution in [0.25, 0.3) is 0 Å². The predicted octanol–water partition coefficient (Wildman–Crippen LogP) is 21.5. The number of carbonyl (C=O) groups is 1. The summed E-state index contributed by atoms with van der Waals surface area (Å²) in [6.07, 6.45) is 88.5. The summed E-state index contributed by atoms with van der Waals surface area (Å²) in [6, 6.07) is -0.721. The number of carbonyl (C=O) groups excluding carboxylic acids is 1. The summed E-state index contributed by atoms with van der Waals surface area (Å²) in [5.41, 5.74) is 0. The minimum atomic E-state index is -1.55. The van der Waals surface area contributed by atoms with Crippen molar-refractivity contribution >= 4 is 5.91 Å². The zero-order valence-corrected chi connectivity index (χ0v) is 57.7. The summed E-state index contributed by atoms with van der Waals surface area (Å²) < 4.78 is 11.4. The van der Waals surface area contributed by atoms with Crippen LogP contribution in [0.4, 0.5) is 0 Å². The highest BCUT2D eigenvalue weighted by Crippen LogP contribution is 2.24. The molecule has 0 aromatic rings. The van der Waals surface area contributed by atoms with Crippen LogP contribution in [0.15, 0.2) is 72.9 Å². The van der Waals surface area contributed by atoms with E-state index in [0.717, 1.165) is 77.0 Å². The molecule has 0 aromatic heterocycles. The number of hydrogen-bond donors (Lipinski definition) is 6. The van der Waals surface area contributed by atoms with Crippen LogP contribution in [0.5, 0.6) is 0 Å². The Bertz CT molecular complexity index is 1620. The first-order valence-corrected chi connectivity index (χ1v) is 38.1. The molecule has 9 nitrogen and oxygen atoms in total. The highest BCUT2D eigenvalue weighted by atomic mass is 16.7. The molecule has 1 aliphatic heterocycles. The first-order chi connectivity index (χ1) is 43.3. The van der Waals surface area contributed by atoms with Crippen molar-refractivity contribution in [2.45, 2.75) is 410 Å². The summed E-state index contributed by atoms with van der Waals surface area (Å²) >= 11 is 0. The first-order valence-electron chi connectivity index (χ1n) is 38.1. The number of allylic oxidation sites excluding steroid dienone is 12. The van der Waals surface area contributed by atoms with Gasteiger partial charge in [-0.2, -0.15) is 0 Å². The Labute approximate surface area is 544 Å². The molecule has 1 heterocycles. The normalized spacial score (nSPS) is 18.3. The predicted molar refractivity (Wildman–Crippen MR) is 378 cm³/mol. The second kappa shape index (κ2) is 67.5. The largest absolute Gasteiger partial charge is 0.394 e. The van der Waals surface area contributed by atoms with Crippen molar-refractivity contribution in [1.29, 1.82) is 0 Å². The number of rotatable bonds is 67. The Hall–Kier alpha value is -2.37. The monoisotopic (exact) mass is 1240 g/mol. The molecule has 0 aliphatic carbocycles. The van der Waals surface area contributed by atoms with E-state index in [4.69, 9.17) is 9.47 Å². The van der Waals surface area contributed by atoms with Gasteiger partial charge >= 0.3 is 0 Å². The number of aliphatic hydroxyl groups excluding tert-OH is 5. The molecule has 0 saturated carbocycles. The van der Waals surface area contributed by atoms with Crippen LogP contribution < -0.4 is 5.32 Å². The van der Waals surface area contributed by atoms with Gasteiger partial charge in [0, 0.05) is 6.42 Å². The van der Waals surface area contributed by atoms with E-state index >= 15 is 0 Å². The van der Waals surface area contributed by atoms with Gasteiger partial charge in [0.25, 0.3) is 0 Å². The van der Waals surface area contributed by atoms with Crippen molar-refractivity contribution in [3.8, 4) is 0 Å². The molecule has 1 aliphatic rings. The van der Waals surface area contributed by atoms with Gasteiger partial charge in [-0.1, -0.05) is 369 Å². The minimum Gasteiger partial charge on any atom is -0.394 e. The van der Waals surface area contributed by atoms with E-state index in [2.05, 4.69) is 92.1 Å². The fourth-order valence-electron chi connectivity index (χ4n) is 12.2. The van der Waals surface area contributed by atoms with Crippen molar-refractivity contribution < 1.29 is 39.8 Å². The molecule has 514 valence electrons. The van der Waals surface area contributed by atoms with Crippen LogP contribution >= 0.6 is 0 Å². The fraction of sp³-hybridized carbons (Fsp3) is 0.835. The lowest BCUT2D eigenvalue weighted by molar-refractivity contribution is -0.302. The fourth-order valence-corrected chi connectivity index (χ4v) is 12.2. The molecule has 6 N–H and O–H groups in total. The molecule has 0 aromatic carbocycles. The van der Waals surface area contributed by atoms with Crippen LogP contribution in [0.2, 0.25) is 0 Å². The topological polar surface area (TPSA) is 149 Å². The van der Waals surface area contributed by atoms with Crippen molar-refractivity contribution in [2.75, 3.05) is 13.2 Å². The second-order valence-electron chi connectivity index (χ2n) is 26.4. The third-order valence-electron chi connectivity index (χ3n) is 18.1. The molecular weight excluding hydrogens is 1090 g/mol. The maximum Gasteiger partial charge on any atom is 0.220 e. The number of nitrogens with one attached hydrogen (secondary N) is 1. The lowest BCUT2D eigenvalue weighted by Gasteiger charge is -2.40. The molecule has 0 bridgehead atoms. The molecule has 0 spiro atoms. The third kappa shape index (κ3) is 55.3. The highest BCUT2D eigenvalue weighted by molar-refractivity contribution is 5.76. The van der Waals surface area contributed by atoms with Crippen molar-refractivity contribution in [3.63, 3.8) is 0 Å². The van der Waals surface area contributed by atoms with E-state index in [1.165, 1.54) is 263 Å². The molecule has 1 amide bonds. The van der Waals surface area contributed by atoms with E-state index in [0.29, 0.717) is 12.8 Å². The Balaban J connectivity index is 2.04. The molecule has 9 heteroatoms. The summed E-state index contributed by atoms with van der Waals surface area (Å²) in [7, 11) is 0. The van der Waals surface area contributed by atoms with E-state index < -0.39 is 49.5 Å². The third-order valence-corrected chi connectivity index (χ3v) is 18.1. The van der Waals surface area contributed by atoms with Crippen molar-refractivity contribution in [1.82, 2.24) is 5.32 Å². The SMILES string of the molecule is CC/C=C\C/C=C\C/C=C\C/C=C\C/C=C\C/C=C\CCCCCCCCCCCCCCCCCCCCCCCCC(=O)NC(COC1OC(CO)C(O)C(O)C1O)C(O)CCCCCCCCCCCCCCCCCCCCCCCCCC. The molecule has 0 radical (unpaired) electrons. The average molecular weight is 1240 g/mol. The molecule has 1 fully saturated rings. The van der Waals surface area contributed by atoms with Crippen molar-refractivity contribution in [3.05, 3.63) is 72.9 Å². The Morgan fingerprint density at radius 3 is 1.05 bits per heavy atom. The van der Waals surface area contributed by atoms with E-state index in [9.17, 15) is 30.3 Å². The van der Waals surface area contributed by atoms with Gasteiger partial charge in [-0.05, 0) is 64.2 Å². The van der Waals surface area contributed by atoms with Gasteiger partial charge in [-0.3, -0.25) is 4.79 Å². The molecule has 1 saturated heterocycles. The summed E-state index contributed by atoms with van der Waals surface area (Å²) in [4.78, 5) is 13.2. The lowest BCUT2D eigenvalue weighted by Crippen LogP contribution is -2.60. The Morgan fingerprint density at radius 1 is 0.398 bits per heavy atom. The Morgan fingerprint density at radius 2 is 0.705 bits per heavy atom. The molecule has 7 atom stereocenters. The van der Waals surface area contributed by atoms with Gasteiger partial charge in [-0.15, -0.1) is 0 Å². The summed E-state index contributed by atoms with van der Waals surface area (Å²) in [6.45, 7) is 3.77. The van der Waals surface area contributed by atoms with Crippen molar-refractivity contribution in [2.24, 2.45) is 0 Å². The van der Waals surface area contributed by atoms with Gasteiger partial charge in [0.15, 0.2) is 6.29 Å². The average Bonchev–Trinajstić information content (AvgIpc) is 3.31. The number of ether oxygens (including phenoxy) is 2. The minimum absolute atomic E-state index is 0.135. The van der Waals surface area contributed by atoms with Crippen LogP contribution in [0.3, 0.4) is 0 Å². The number of unbranched alkanes of at least 4 members (excludes halogenated alkanes) is 45. The van der Waals surface area contributed by atoms with E-state index in [-0.39, 0.29) is 12.5 Å². The summed E-state index contributed by atoms with van der Waals surface area (Å²) in [5.74, 6) is -0.137. The zero-order chi connectivity index (χ0) is 63.5. The highest BCUT2D eigenvalue weighted by Gasteiger charge is 2.44. The smallest absolute Gasteiger partial charge is 0.220 e. The standard InChI is InChI=1S/C79H145NO8/c1-3-5-7-9-11-13-15-17-19-21-23-25-27-29-30-31-32-33-34-35-36-37-38-39-40-41-42-43-44-45-47-49-51-53-55-57-59-61-63-65-67-69-75(83)80-72(71-87-79-78(86)77(85)76(84)74(70-81)88-79)73(82)68-66-64-62-60-58-56-54-52-50-48-46-28-26-24-22-20-18-16-14-12-10-8-6-4-2/h5,7,11,13,17,19,23,25,29-30,32-33,72-74,76-79,81-82,84-86H,3-4,6,8-10,12,14-16,18,20-22,24,26-28,31,34-71H2,1-2H3,(H,80,83)/b7-5-,13-11-,19-17-,25-23-,30-29-,33-32-. The maximum atomic E-state index is 13.2. The molecule has 1 rings (SSSR count). The summed E-state index contributed by atoms with van der Waals surface area (Å²) in [5, 5.41) is 55.0. The van der Waals surface area contributed by atoms with Crippen LogP contribution in [-0.2, 0) is 14.3 Å². The lowest BCUT2D eigenvalue weighted by atomic mass is 9.99. The van der Waals surface area contributed by atoms with Crippen LogP contribution in [0, 0.1) is 0 Å². The molecular formula is C79H145NO8. The number of amides is 1. The zero-order valence-electron chi connectivity index (χ0n) is 57.7. The molecule has 88 heavy (non-hydrogen) atoms. The van der Waals surface area contributed by atoms with E-state index in [1.807, 2.05) is 0 Å². The van der Waals surface area contributed by atoms with E-state index in [1.54, 1.807) is 0 Å². The van der Waals surface area contributed by atoms with Crippen LogP contribution in [-0.4, -0.2) is 87.5 Å². The number of hydrogen-bond acceptors (Lipinski definition) is 8. The van der Waals surface area contributed by atoms with Gasteiger partial charge in [0.2, 0.25) is 5.91 Å². The van der Waals surface area contributed by atoms with Crippen LogP contribution in [0.1, 0.15) is 367 Å². The van der Waals surface area contributed by atoms with Gasteiger partial charge in [0.1, 0.15) is 24.4 Å². The molecule has 7 unspecified atom stereocenters. The van der Waals surface area contributed by atoms with Gasteiger partial charge < -0.3 is 40.3 Å². The number of aliphatic hydroxyl groups is 5. The Kier molecular flexibility index (Phi) is 64.2. The quantitative estimate of drug-likeness (QED) is 0.0261. The maximum absolute atomic E-state index is 13.2. The first kappa shape index (κ1) is 83.6. The van der Waals surface area contributed by atoms with Gasteiger partial charge in [-0.25, -0.2) is 0 Å². The second-order valence-corrected chi connectivity index (χ2v) is 26.4. The van der Waals surface area contributed by atoms with Gasteiger partial charge in [0.05, 0.1) is 25.4 Å².